The van der Waals surface area contributed by atoms with Gasteiger partial charge in [-0.3, -0.25) is 0 Å². The van der Waals surface area contributed by atoms with Crippen molar-refractivity contribution in [1.29, 1.82) is 0 Å². The van der Waals surface area contributed by atoms with Crippen LogP contribution in [0.25, 0.3) is 0 Å². The molecule has 64 heavy (non-hydrogen) atoms. The van der Waals surface area contributed by atoms with Crippen molar-refractivity contribution in [2.24, 2.45) is 5.92 Å². The summed E-state index contributed by atoms with van der Waals surface area (Å²) in [6.45, 7) is 3.58. The van der Waals surface area contributed by atoms with Gasteiger partial charge in [-0.25, -0.2) is 0 Å². The van der Waals surface area contributed by atoms with Gasteiger partial charge in [-0.2, -0.15) is 149 Å². The third-order valence-corrected chi connectivity index (χ3v) is 9.13. The highest BCUT2D eigenvalue weighted by Crippen LogP contribution is 2.66. The SMILES string of the molecule is C.C.CC(C)CCC(F)(F)C(F)(F)C(F)(F)C(F)(F)C(F)(F)C(F)(F)C(F)(F)C(F)(F)F.C[Si](C)(O)CCC(F)(F)C(F)(F)C(F)(F)C(F)(F)C(F)(F)C(F)(F)C(F)(F)C(F)(F)F.O. The molecule has 0 rings (SSSR count). The van der Waals surface area contributed by atoms with E-state index in [4.69, 9.17) is 0 Å². The van der Waals surface area contributed by atoms with E-state index in [1.54, 1.807) is 0 Å². The van der Waals surface area contributed by atoms with E-state index in [0.717, 1.165) is 26.9 Å². The van der Waals surface area contributed by atoms with Gasteiger partial charge >= 0.3 is 95.3 Å². The van der Waals surface area contributed by atoms with Gasteiger partial charge in [-0.05, 0) is 31.5 Å². The summed E-state index contributed by atoms with van der Waals surface area (Å²) in [5.74, 6) is -113. The van der Waals surface area contributed by atoms with Crippen LogP contribution >= 0.6 is 0 Å². The van der Waals surface area contributed by atoms with Crippen LogP contribution in [0.2, 0.25) is 19.1 Å². The molecule has 0 aliphatic heterocycles. The minimum absolute atomic E-state index is 0. The molecule has 0 bridgehead atoms. The average molecular weight is 1060 g/mol. The molecule has 0 saturated carbocycles. The summed E-state index contributed by atoms with van der Waals surface area (Å²) in [6.07, 6.45) is -21.6. The molecule has 0 amide bonds. The average Bonchev–Trinajstić information content (AvgIpc) is 3.00. The maximum atomic E-state index is 13.5. The van der Waals surface area contributed by atoms with Crippen LogP contribution in [0.1, 0.15) is 48.0 Å². The number of alkyl halides is 34. The molecule has 0 saturated heterocycles. The second-order valence-electron chi connectivity index (χ2n) is 13.5. The Morgan fingerprint density at radius 2 is 0.500 bits per heavy atom. The van der Waals surface area contributed by atoms with E-state index in [1.807, 2.05) is 0 Å². The highest BCUT2D eigenvalue weighted by Gasteiger charge is 2.96. The minimum atomic E-state index is -8.62. The first-order chi connectivity index (χ1) is 25.6. The molecule has 0 aliphatic rings. The summed E-state index contributed by atoms with van der Waals surface area (Å²) >= 11 is 0. The van der Waals surface area contributed by atoms with Crippen LogP contribution in [0.3, 0.4) is 0 Å². The van der Waals surface area contributed by atoms with Gasteiger partial charge in [0.15, 0.2) is 8.32 Å². The van der Waals surface area contributed by atoms with E-state index in [9.17, 15) is 154 Å². The fourth-order valence-corrected chi connectivity index (χ4v) is 4.57. The third kappa shape index (κ3) is 11.0. The first-order valence-electron chi connectivity index (χ1n) is 14.8. The summed E-state index contributed by atoms with van der Waals surface area (Å²) < 4.78 is 441. The van der Waals surface area contributed by atoms with Crippen LogP contribution in [0.15, 0.2) is 0 Å². The molecule has 3 N–H and O–H groups in total. The predicted octanol–water partition coefficient (Wildman–Crippen LogP) is 14.5. The number of hydrogen-bond donors (Lipinski definition) is 1. The zero-order valence-electron chi connectivity index (χ0n) is 29.7. The first-order valence-corrected chi connectivity index (χ1v) is 17.9. The standard InChI is InChI=1S/C13H11F17.C12H11F17OSi.2CH4.H2O/c1-5(2)3-4-6(14,15)7(16,17)8(18,19)9(20,21)10(22,23)11(24,25)12(26,27)13(28,29)30;1-31(2,30)4-3-5(13,14)6(15,16)7(17,18)8(19,20)9(21,22)10(23,24)11(25,26)12(27,28)29;;;/h5H,3-4H2,1-2H3;30H,3-4H2,1-2H3;2*1H4;1H2. The highest BCUT2D eigenvalue weighted by molar-refractivity contribution is 6.69. The van der Waals surface area contributed by atoms with Crippen molar-refractivity contribution in [1.82, 2.24) is 0 Å². The molecule has 0 atom stereocenters. The Kier molecular flexibility index (Phi) is 21.0. The molecule has 0 aliphatic carbocycles. The normalized spacial score (nSPS) is 15.8. The lowest BCUT2D eigenvalue weighted by Crippen LogP contribution is -2.74. The second-order valence-corrected chi connectivity index (χ2v) is 17.7. The molecule has 0 aromatic rings. The molecule has 0 fully saturated rings. The van der Waals surface area contributed by atoms with Gasteiger partial charge in [0.25, 0.3) is 0 Å². The van der Waals surface area contributed by atoms with E-state index in [-0.39, 0.29) is 20.3 Å². The monoisotopic (exact) mass is 1060 g/mol. The molecular formula is C27H32F34O2Si. The van der Waals surface area contributed by atoms with Gasteiger partial charge in [0.05, 0.1) is 0 Å². The zero-order valence-corrected chi connectivity index (χ0v) is 30.7. The lowest BCUT2D eigenvalue weighted by Gasteiger charge is -2.43. The Hall–Kier alpha value is -2.24. The summed E-state index contributed by atoms with van der Waals surface area (Å²) in [5.41, 5.74) is 0. The topological polar surface area (TPSA) is 51.7 Å². The molecule has 0 radical (unpaired) electrons. The Bertz CT molecular complexity index is 1470. The first kappa shape index (κ1) is 70.8. The van der Waals surface area contributed by atoms with Crippen LogP contribution < -0.4 is 0 Å². The third-order valence-electron chi connectivity index (χ3n) is 7.66. The van der Waals surface area contributed by atoms with Gasteiger partial charge in [-0.15, -0.1) is 0 Å². The summed E-state index contributed by atoms with van der Waals surface area (Å²) in [6, 6.07) is -1.45. The zero-order chi connectivity index (χ0) is 50.9. The summed E-state index contributed by atoms with van der Waals surface area (Å²) in [7, 11) is -3.80. The molecule has 394 valence electrons. The van der Waals surface area contributed by atoms with Crippen LogP contribution in [0.4, 0.5) is 149 Å². The lowest BCUT2D eigenvalue weighted by atomic mass is 9.87. The molecule has 0 spiro atoms. The van der Waals surface area contributed by atoms with Gasteiger partial charge in [0, 0.05) is 12.8 Å². The van der Waals surface area contributed by atoms with Gasteiger partial charge in [0.1, 0.15) is 0 Å². The number of hydrogen-bond acceptors (Lipinski definition) is 1. The van der Waals surface area contributed by atoms with Crippen molar-refractivity contribution in [3.63, 3.8) is 0 Å². The molecule has 0 aromatic heterocycles. The van der Waals surface area contributed by atoms with Crippen molar-refractivity contribution < 1.29 is 160 Å². The highest BCUT2D eigenvalue weighted by atomic mass is 28.4. The molecule has 0 heterocycles. The van der Waals surface area contributed by atoms with E-state index in [2.05, 4.69) is 0 Å². The molecule has 0 unspecified atom stereocenters. The van der Waals surface area contributed by atoms with Crippen LogP contribution in [-0.4, -0.2) is 114 Å². The summed E-state index contributed by atoms with van der Waals surface area (Å²) in [5, 5.41) is 0. The second kappa shape index (κ2) is 19.0. The smallest absolute Gasteiger partial charge is 0.432 e. The molecular weight excluding hydrogens is 1030 g/mol. The predicted molar refractivity (Wildman–Crippen MR) is 152 cm³/mol. The van der Waals surface area contributed by atoms with E-state index >= 15 is 0 Å². The quantitative estimate of drug-likeness (QED) is 0.108. The van der Waals surface area contributed by atoms with Crippen molar-refractivity contribution in [3.8, 4) is 0 Å². The van der Waals surface area contributed by atoms with Gasteiger partial charge in [-0.1, -0.05) is 28.7 Å². The fourth-order valence-electron chi connectivity index (χ4n) is 3.64. The molecule has 37 heteroatoms. The Morgan fingerprint density at radius 1 is 0.328 bits per heavy atom. The Morgan fingerprint density at radius 3 is 0.672 bits per heavy atom. The lowest BCUT2D eigenvalue weighted by molar-refractivity contribution is -0.461. The summed E-state index contributed by atoms with van der Waals surface area (Å²) in [4.78, 5) is 9.23. The van der Waals surface area contributed by atoms with E-state index in [0.29, 0.717) is 0 Å². The van der Waals surface area contributed by atoms with Crippen molar-refractivity contribution in [3.05, 3.63) is 0 Å². The van der Waals surface area contributed by atoms with E-state index < -0.39 is 135 Å². The maximum Gasteiger partial charge on any atom is 0.460 e. The Balaban J connectivity index is -0.000000347. The molecule has 2 nitrogen and oxygen atoms in total. The van der Waals surface area contributed by atoms with Crippen LogP contribution in [-0.2, 0) is 0 Å². The van der Waals surface area contributed by atoms with Gasteiger partial charge in [0.2, 0.25) is 0 Å². The van der Waals surface area contributed by atoms with Gasteiger partial charge < -0.3 is 10.3 Å². The fraction of sp³-hybridized carbons (Fsp3) is 1.00. The van der Waals surface area contributed by atoms with Crippen molar-refractivity contribution in [2.75, 3.05) is 0 Å². The number of halogens is 34. The maximum absolute atomic E-state index is 13.5. The van der Waals surface area contributed by atoms with Crippen LogP contribution in [0.5, 0.6) is 0 Å². The molecule has 0 aromatic carbocycles. The van der Waals surface area contributed by atoms with Crippen LogP contribution in [0, 0.1) is 5.92 Å². The Labute approximate surface area is 337 Å². The van der Waals surface area contributed by atoms with E-state index in [1.165, 1.54) is 0 Å². The minimum Gasteiger partial charge on any atom is -0.432 e. The van der Waals surface area contributed by atoms with Crippen molar-refractivity contribution >= 4 is 8.32 Å². The number of rotatable bonds is 18. The van der Waals surface area contributed by atoms with Crippen molar-refractivity contribution in [2.45, 2.75) is 162 Å². The largest absolute Gasteiger partial charge is 0.460 e.